The zero-order chi connectivity index (χ0) is 23.7. The fourth-order valence-electron chi connectivity index (χ4n) is 3.96. The summed E-state index contributed by atoms with van der Waals surface area (Å²) in [5, 5.41) is 23.3. The minimum absolute atomic E-state index is 0.0209. The Balaban J connectivity index is 1.66. The van der Waals surface area contributed by atoms with Gasteiger partial charge in [-0.1, -0.05) is 0 Å². The number of nitriles is 1. The first kappa shape index (κ1) is 22.7. The van der Waals surface area contributed by atoms with Crippen molar-refractivity contribution in [2.45, 2.75) is 25.8 Å². The van der Waals surface area contributed by atoms with Crippen LogP contribution in [0.1, 0.15) is 41.4 Å². The molecule has 3 aromatic rings. The monoisotopic (exact) mass is 469 g/mol. The average molecular weight is 470 g/mol. The molecule has 1 aromatic carbocycles. The number of carbonyl (C=O) groups is 1. The SMILES string of the molecule is CNc1cc(F)ccc1C(=N)c1cnc2c(n1)c(C(=O)NC(C)C1CC(C#N)C1)cn2SF. The highest BCUT2D eigenvalue weighted by molar-refractivity contribution is 7.92. The van der Waals surface area contributed by atoms with Crippen LogP contribution in [0.4, 0.5) is 14.0 Å². The summed E-state index contributed by atoms with van der Waals surface area (Å²) in [5.74, 6) is -0.658. The number of fused-ring (bicyclic) bond motifs is 1. The van der Waals surface area contributed by atoms with E-state index in [9.17, 15) is 13.1 Å². The molecule has 11 heteroatoms. The molecule has 3 N–H and O–H groups in total. The molecule has 2 heterocycles. The maximum absolute atomic E-state index is 13.6. The molecule has 8 nitrogen and oxygen atoms in total. The van der Waals surface area contributed by atoms with E-state index in [1.54, 1.807) is 7.05 Å². The fourth-order valence-corrected chi connectivity index (χ4v) is 4.30. The second-order valence-corrected chi connectivity index (χ2v) is 8.53. The van der Waals surface area contributed by atoms with Gasteiger partial charge < -0.3 is 10.6 Å². The first-order valence-corrected chi connectivity index (χ1v) is 11.0. The van der Waals surface area contributed by atoms with Crippen LogP contribution in [-0.4, -0.2) is 38.6 Å². The molecule has 1 saturated carbocycles. The Morgan fingerprint density at radius 1 is 1.39 bits per heavy atom. The van der Waals surface area contributed by atoms with Crippen molar-refractivity contribution in [2.24, 2.45) is 11.8 Å². The van der Waals surface area contributed by atoms with Gasteiger partial charge in [0.2, 0.25) is 0 Å². The first-order chi connectivity index (χ1) is 15.9. The maximum atomic E-state index is 13.6. The van der Waals surface area contributed by atoms with Crippen LogP contribution in [0.2, 0.25) is 0 Å². The van der Waals surface area contributed by atoms with Crippen molar-refractivity contribution >= 4 is 40.8 Å². The van der Waals surface area contributed by atoms with Gasteiger partial charge in [0.15, 0.2) is 18.0 Å². The van der Waals surface area contributed by atoms with E-state index in [-0.39, 0.29) is 58.3 Å². The Morgan fingerprint density at radius 2 is 2.15 bits per heavy atom. The summed E-state index contributed by atoms with van der Waals surface area (Å²) >= 11 is -0.108. The zero-order valence-electron chi connectivity index (χ0n) is 17.9. The molecule has 1 fully saturated rings. The van der Waals surface area contributed by atoms with Crippen LogP contribution < -0.4 is 10.6 Å². The number of rotatable bonds is 7. The Kier molecular flexibility index (Phi) is 6.29. The normalized spacial score (nSPS) is 18.3. The third-order valence-electron chi connectivity index (χ3n) is 5.98. The number of benzene rings is 1. The highest BCUT2D eigenvalue weighted by Gasteiger charge is 2.34. The zero-order valence-corrected chi connectivity index (χ0v) is 18.7. The van der Waals surface area contributed by atoms with Crippen molar-refractivity contribution in [3.63, 3.8) is 0 Å². The number of aromatic nitrogens is 3. The third kappa shape index (κ3) is 4.26. The minimum atomic E-state index is -0.449. The second kappa shape index (κ2) is 9.15. The van der Waals surface area contributed by atoms with Crippen LogP contribution in [0.5, 0.6) is 0 Å². The van der Waals surface area contributed by atoms with Gasteiger partial charge in [0.05, 0.1) is 23.5 Å². The van der Waals surface area contributed by atoms with Gasteiger partial charge in [-0.15, -0.1) is 3.89 Å². The number of hydrogen-bond donors (Lipinski definition) is 3. The van der Waals surface area contributed by atoms with Gasteiger partial charge in [-0.3, -0.25) is 10.2 Å². The number of nitrogens with one attached hydrogen (secondary N) is 3. The molecule has 0 aliphatic heterocycles. The Morgan fingerprint density at radius 3 is 2.82 bits per heavy atom. The van der Waals surface area contributed by atoms with Crippen LogP contribution in [0.15, 0.2) is 30.6 Å². The summed E-state index contributed by atoms with van der Waals surface area (Å²) in [7, 11) is 1.61. The summed E-state index contributed by atoms with van der Waals surface area (Å²) in [5.41, 5.74) is 1.39. The number of amides is 1. The number of nitrogens with zero attached hydrogens (tertiary/aromatic N) is 4. The van der Waals surface area contributed by atoms with Crippen molar-refractivity contribution in [1.29, 1.82) is 10.7 Å². The molecule has 170 valence electrons. The molecule has 0 bridgehead atoms. The number of halogens is 2. The predicted octanol–water partition coefficient (Wildman–Crippen LogP) is 4.08. The van der Waals surface area contributed by atoms with Gasteiger partial charge >= 0.3 is 0 Å². The van der Waals surface area contributed by atoms with E-state index in [1.165, 1.54) is 30.6 Å². The summed E-state index contributed by atoms with van der Waals surface area (Å²) in [6.45, 7) is 1.87. The van der Waals surface area contributed by atoms with Crippen LogP contribution in [-0.2, 0) is 0 Å². The molecule has 33 heavy (non-hydrogen) atoms. The lowest BCUT2D eigenvalue weighted by atomic mass is 9.72. The van der Waals surface area contributed by atoms with Gasteiger partial charge in [-0.2, -0.15) is 5.26 Å². The number of carbonyl (C=O) groups excluding carboxylic acids is 1. The molecule has 1 aliphatic carbocycles. The highest BCUT2D eigenvalue weighted by Crippen LogP contribution is 2.35. The van der Waals surface area contributed by atoms with E-state index in [2.05, 4.69) is 26.7 Å². The van der Waals surface area contributed by atoms with E-state index >= 15 is 0 Å². The molecule has 1 atom stereocenters. The van der Waals surface area contributed by atoms with E-state index in [4.69, 9.17) is 10.7 Å². The maximum Gasteiger partial charge on any atom is 0.255 e. The minimum Gasteiger partial charge on any atom is -0.387 e. The van der Waals surface area contributed by atoms with Gasteiger partial charge in [0, 0.05) is 36.5 Å². The van der Waals surface area contributed by atoms with Gasteiger partial charge in [0.1, 0.15) is 17.0 Å². The van der Waals surface area contributed by atoms with Gasteiger partial charge in [-0.05, 0) is 43.9 Å². The lowest BCUT2D eigenvalue weighted by molar-refractivity contribution is 0.0896. The Hall–Kier alpha value is -3.52. The summed E-state index contributed by atoms with van der Waals surface area (Å²) < 4.78 is 28.2. The quantitative estimate of drug-likeness (QED) is 0.449. The molecule has 1 aliphatic rings. The molecule has 4 rings (SSSR count). The van der Waals surface area contributed by atoms with Crippen molar-refractivity contribution in [3.05, 3.63) is 53.2 Å². The molecule has 2 aromatic heterocycles. The molecular formula is C22H21F2N7OS. The van der Waals surface area contributed by atoms with E-state index in [0.717, 1.165) is 16.8 Å². The summed E-state index contributed by atoms with van der Waals surface area (Å²) in [6.07, 6.45) is 4.10. The smallest absolute Gasteiger partial charge is 0.255 e. The highest BCUT2D eigenvalue weighted by atomic mass is 32.2. The predicted molar refractivity (Wildman–Crippen MR) is 122 cm³/mol. The Bertz CT molecular complexity index is 1280. The second-order valence-electron chi connectivity index (χ2n) is 8.00. The van der Waals surface area contributed by atoms with Gasteiger partial charge in [0.25, 0.3) is 5.91 Å². The number of hydrogen-bond acceptors (Lipinski definition) is 7. The largest absolute Gasteiger partial charge is 0.387 e. The fraction of sp³-hybridized carbons (Fsp3) is 0.318. The number of anilines is 1. The molecule has 0 spiro atoms. The van der Waals surface area contributed by atoms with E-state index in [0.29, 0.717) is 11.3 Å². The average Bonchev–Trinajstić information content (AvgIpc) is 3.16. The van der Waals surface area contributed by atoms with Crippen molar-refractivity contribution < 1.29 is 13.1 Å². The van der Waals surface area contributed by atoms with Crippen molar-refractivity contribution in [2.75, 3.05) is 12.4 Å². The van der Waals surface area contributed by atoms with Gasteiger partial charge in [-0.25, -0.2) is 18.3 Å². The van der Waals surface area contributed by atoms with Crippen LogP contribution in [0.25, 0.3) is 11.2 Å². The van der Waals surface area contributed by atoms with Crippen LogP contribution >= 0.6 is 12.3 Å². The summed E-state index contributed by atoms with van der Waals surface area (Å²) in [4.78, 5) is 21.7. The van der Waals surface area contributed by atoms with E-state index in [1.807, 2.05) is 6.92 Å². The van der Waals surface area contributed by atoms with Crippen LogP contribution in [0, 0.1) is 34.4 Å². The lowest BCUT2D eigenvalue weighted by Gasteiger charge is -2.35. The molecular weight excluding hydrogens is 448 g/mol. The van der Waals surface area contributed by atoms with Crippen LogP contribution in [0.3, 0.4) is 0 Å². The molecule has 0 saturated heterocycles. The lowest BCUT2D eigenvalue weighted by Crippen LogP contribution is -2.43. The standard InChI is InChI=1S/C22H21F2N7OS/c1-11(13-5-12(6-13)8-25)29-22(32)16-10-31(33-24)21-20(16)30-18(9-28-21)19(26)15-4-3-14(23)7-17(15)27-2/h3-4,7,9-13,26-27H,5-6H2,1-2H3,(H,29,32). The summed E-state index contributed by atoms with van der Waals surface area (Å²) in [6, 6.07) is 6.03. The van der Waals surface area contributed by atoms with Crippen molar-refractivity contribution in [1.82, 2.24) is 19.3 Å². The molecule has 1 amide bonds. The van der Waals surface area contributed by atoms with E-state index < -0.39 is 11.7 Å². The topological polar surface area (TPSA) is 119 Å². The Labute approximate surface area is 193 Å². The molecule has 1 unspecified atom stereocenters. The van der Waals surface area contributed by atoms with Crippen molar-refractivity contribution in [3.8, 4) is 6.07 Å². The first-order valence-electron chi connectivity index (χ1n) is 10.3. The third-order valence-corrected chi connectivity index (χ3v) is 6.41. The molecule has 0 radical (unpaired) electrons.